The van der Waals surface area contributed by atoms with Crippen molar-refractivity contribution in [3.8, 4) is 6.07 Å². The summed E-state index contributed by atoms with van der Waals surface area (Å²) < 4.78 is 26.2. The smallest absolute Gasteiger partial charge is 0.221 e. The number of rotatable bonds is 3. The lowest BCUT2D eigenvalue weighted by atomic mass is 9.95. The van der Waals surface area contributed by atoms with Gasteiger partial charge in [0.2, 0.25) is 5.78 Å². The maximum atomic E-state index is 13.1. The van der Waals surface area contributed by atoms with E-state index in [1.165, 1.54) is 18.5 Å². The molecule has 1 atom stereocenters. The van der Waals surface area contributed by atoms with E-state index in [1.807, 2.05) is 0 Å². The number of hydrogen-bond acceptors (Lipinski definition) is 4. The van der Waals surface area contributed by atoms with Crippen molar-refractivity contribution in [1.29, 1.82) is 5.26 Å². The molecule has 0 radical (unpaired) electrons. The third kappa shape index (κ3) is 2.77. The van der Waals surface area contributed by atoms with E-state index in [0.29, 0.717) is 6.07 Å². The largest absolute Gasteiger partial charge is 0.289 e. The van der Waals surface area contributed by atoms with Gasteiger partial charge in [0.05, 0.1) is 6.07 Å². The van der Waals surface area contributed by atoms with E-state index < -0.39 is 23.3 Å². The molecule has 0 aliphatic carbocycles. The van der Waals surface area contributed by atoms with Gasteiger partial charge in [-0.1, -0.05) is 0 Å². The molecule has 0 N–H and O–H groups in total. The number of aromatic nitrogens is 2. The Labute approximate surface area is 107 Å². The van der Waals surface area contributed by atoms with E-state index in [2.05, 4.69) is 9.97 Å². The fourth-order valence-electron chi connectivity index (χ4n) is 1.58. The van der Waals surface area contributed by atoms with Crippen LogP contribution in [0, 0.1) is 23.0 Å². The molecule has 0 bridgehead atoms. The van der Waals surface area contributed by atoms with Crippen LogP contribution in [-0.2, 0) is 0 Å². The molecule has 1 aromatic heterocycles. The van der Waals surface area contributed by atoms with Crippen molar-refractivity contribution in [2.75, 3.05) is 0 Å². The fraction of sp³-hybridized carbons (Fsp3) is 0.0769. The number of Topliss-reactive ketones (excluding diaryl/α,β-unsaturated/α-hetero) is 1. The molecule has 0 spiro atoms. The van der Waals surface area contributed by atoms with Crippen LogP contribution in [0.15, 0.2) is 36.7 Å². The molecule has 2 rings (SSSR count). The van der Waals surface area contributed by atoms with E-state index in [0.717, 1.165) is 12.1 Å². The topological polar surface area (TPSA) is 66.6 Å². The van der Waals surface area contributed by atoms with Gasteiger partial charge in [-0.25, -0.2) is 18.7 Å². The molecule has 0 saturated heterocycles. The lowest BCUT2D eigenvalue weighted by Crippen LogP contribution is -2.14. The Balaban J connectivity index is 2.41. The van der Waals surface area contributed by atoms with E-state index in [-0.39, 0.29) is 11.4 Å². The number of ketones is 1. The van der Waals surface area contributed by atoms with Gasteiger partial charge in [0, 0.05) is 18.5 Å². The molecule has 4 nitrogen and oxygen atoms in total. The summed E-state index contributed by atoms with van der Waals surface area (Å²) in [6, 6.07) is 5.77. The highest BCUT2D eigenvalue weighted by Gasteiger charge is 2.24. The molecule has 6 heteroatoms. The molecule has 2 aromatic rings. The SMILES string of the molecule is N#CC(C(=O)c1ncccn1)c1cc(F)cc(F)c1. The maximum absolute atomic E-state index is 13.1. The summed E-state index contributed by atoms with van der Waals surface area (Å²) in [5.74, 6) is -3.91. The molecular weight excluding hydrogens is 252 g/mol. The molecule has 0 saturated carbocycles. The van der Waals surface area contributed by atoms with Gasteiger partial charge < -0.3 is 0 Å². The first-order chi connectivity index (χ1) is 9.11. The standard InChI is InChI=1S/C13H7F2N3O/c14-9-4-8(5-10(15)6-9)11(7-16)12(19)13-17-2-1-3-18-13/h1-6,11H. The Morgan fingerprint density at radius 1 is 1.16 bits per heavy atom. The Bertz CT molecular complexity index is 632. The summed E-state index contributed by atoms with van der Waals surface area (Å²) >= 11 is 0. The first-order valence-electron chi connectivity index (χ1n) is 5.28. The number of carbonyl (C=O) groups excluding carboxylic acids is 1. The third-order valence-electron chi connectivity index (χ3n) is 2.40. The van der Waals surface area contributed by atoms with E-state index in [4.69, 9.17) is 5.26 Å². The molecule has 1 aromatic carbocycles. The minimum atomic E-state index is -1.34. The number of benzene rings is 1. The van der Waals surface area contributed by atoms with Crippen LogP contribution in [0.25, 0.3) is 0 Å². The van der Waals surface area contributed by atoms with Gasteiger partial charge in [0.15, 0.2) is 5.82 Å². The number of nitrogens with zero attached hydrogens (tertiary/aromatic N) is 3. The molecule has 1 heterocycles. The van der Waals surface area contributed by atoms with Crippen LogP contribution in [0.3, 0.4) is 0 Å². The first kappa shape index (κ1) is 12.8. The van der Waals surface area contributed by atoms with Gasteiger partial charge >= 0.3 is 0 Å². The van der Waals surface area contributed by atoms with Crippen molar-refractivity contribution in [3.63, 3.8) is 0 Å². The average molecular weight is 259 g/mol. The lowest BCUT2D eigenvalue weighted by molar-refractivity contribution is 0.0968. The van der Waals surface area contributed by atoms with Crippen molar-refractivity contribution in [3.05, 3.63) is 59.7 Å². The second-order valence-corrected chi connectivity index (χ2v) is 3.70. The zero-order valence-electron chi connectivity index (χ0n) is 9.55. The first-order valence-corrected chi connectivity index (χ1v) is 5.28. The summed E-state index contributed by atoms with van der Waals surface area (Å²) in [6.07, 6.45) is 2.70. The summed E-state index contributed by atoms with van der Waals surface area (Å²) in [6.45, 7) is 0. The molecule has 0 aliphatic rings. The second-order valence-electron chi connectivity index (χ2n) is 3.70. The normalized spacial score (nSPS) is 11.6. The van der Waals surface area contributed by atoms with Crippen LogP contribution in [0.2, 0.25) is 0 Å². The molecule has 0 aliphatic heterocycles. The highest BCUT2D eigenvalue weighted by atomic mass is 19.1. The Hall–Kier alpha value is -2.68. The zero-order valence-corrected chi connectivity index (χ0v) is 9.55. The second kappa shape index (κ2) is 5.31. The molecule has 94 valence electrons. The fourth-order valence-corrected chi connectivity index (χ4v) is 1.58. The van der Waals surface area contributed by atoms with Crippen molar-refractivity contribution in [2.24, 2.45) is 0 Å². The predicted octanol–water partition coefficient (Wildman–Crippen LogP) is 2.24. The maximum Gasteiger partial charge on any atom is 0.221 e. The van der Waals surface area contributed by atoms with Gasteiger partial charge in [0.1, 0.15) is 17.6 Å². The van der Waals surface area contributed by atoms with Crippen molar-refractivity contribution in [2.45, 2.75) is 5.92 Å². The lowest BCUT2D eigenvalue weighted by Gasteiger charge is -2.07. The van der Waals surface area contributed by atoms with Crippen LogP contribution in [0.4, 0.5) is 8.78 Å². The van der Waals surface area contributed by atoms with Gasteiger partial charge in [0.25, 0.3) is 0 Å². The van der Waals surface area contributed by atoms with Crippen LogP contribution in [0.5, 0.6) is 0 Å². The molecular formula is C13H7F2N3O. The number of halogens is 2. The van der Waals surface area contributed by atoms with Crippen molar-refractivity contribution < 1.29 is 13.6 Å². The summed E-state index contributed by atoms with van der Waals surface area (Å²) in [5.41, 5.74) is -0.0579. The summed E-state index contributed by atoms with van der Waals surface area (Å²) in [7, 11) is 0. The van der Waals surface area contributed by atoms with Gasteiger partial charge in [-0.15, -0.1) is 0 Å². The number of carbonyl (C=O) groups is 1. The Kier molecular flexibility index (Phi) is 3.57. The van der Waals surface area contributed by atoms with E-state index in [1.54, 1.807) is 6.07 Å². The minimum absolute atomic E-state index is 0.0579. The Morgan fingerprint density at radius 3 is 2.26 bits per heavy atom. The van der Waals surface area contributed by atoms with Crippen molar-refractivity contribution in [1.82, 2.24) is 9.97 Å². The van der Waals surface area contributed by atoms with Crippen LogP contribution < -0.4 is 0 Å². The summed E-state index contributed by atoms with van der Waals surface area (Å²) in [5, 5.41) is 9.02. The number of nitriles is 1. The molecule has 1 unspecified atom stereocenters. The zero-order chi connectivity index (χ0) is 13.8. The van der Waals surface area contributed by atoms with E-state index >= 15 is 0 Å². The van der Waals surface area contributed by atoms with Gasteiger partial charge in [-0.2, -0.15) is 5.26 Å². The quantitative estimate of drug-likeness (QED) is 0.793. The molecule has 0 amide bonds. The van der Waals surface area contributed by atoms with Gasteiger partial charge in [-0.3, -0.25) is 4.79 Å². The van der Waals surface area contributed by atoms with Crippen LogP contribution >= 0.6 is 0 Å². The van der Waals surface area contributed by atoms with Gasteiger partial charge in [-0.05, 0) is 23.8 Å². The highest BCUT2D eigenvalue weighted by molar-refractivity contribution is 5.99. The van der Waals surface area contributed by atoms with E-state index in [9.17, 15) is 13.6 Å². The molecule has 19 heavy (non-hydrogen) atoms. The monoisotopic (exact) mass is 259 g/mol. The van der Waals surface area contributed by atoms with Crippen LogP contribution in [0.1, 0.15) is 22.1 Å². The molecule has 0 fully saturated rings. The Morgan fingerprint density at radius 2 is 1.74 bits per heavy atom. The highest BCUT2D eigenvalue weighted by Crippen LogP contribution is 2.21. The third-order valence-corrected chi connectivity index (χ3v) is 2.40. The number of hydrogen-bond donors (Lipinski definition) is 0. The van der Waals surface area contributed by atoms with Crippen LogP contribution in [-0.4, -0.2) is 15.8 Å². The minimum Gasteiger partial charge on any atom is -0.289 e. The summed E-state index contributed by atoms with van der Waals surface area (Å²) in [4.78, 5) is 19.4. The van der Waals surface area contributed by atoms with Crippen molar-refractivity contribution >= 4 is 5.78 Å². The predicted molar refractivity (Wildman–Crippen MR) is 61.1 cm³/mol. The average Bonchev–Trinajstić information content (AvgIpc) is 2.39.